The van der Waals surface area contributed by atoms with Crippen molar-refractivity contribution in [2.45, 2.75) is 37.6 Å². The van der Waals surface area contributed by atoms with Crippen LogP contribution in [0.5, 0.6) is 0 Å². The zero-order valence-corrected chi connectivity index (χ0v) is 8.97. The van der Waals surface area contributed by atoms with Crippen molar-refractivity contribution in [3.05, 3.63) is 0 Å². The Morgan fingerprint density at radius 2 is 1.69 bits per heavy atom. The van der Waals surface area contributed by atoms with E-state index in [-0.39, 0.29) is 28.9 Å². The number of carbonyl (C=O) groups excluding carboxylic acids is 2. The van der Waals surface area contributed by atoms with Crippen molar-refractivity contribution < 1.29 is 9.59 Å². The number of urea groups is 1. The molecule has 2 aliphatic rings. The minimum Gasteiger partial charge on any atom is -0.323 e. The average molecular weight is 249 g/mol. The molecule has 0 atom stereocenters. The molecular weight excluding hydrogens is 236 g/mol. The number of nitrogens with one attached hydrogen (secondary N) is 2. The summed E-state index contributed by atoms with van der Waals surface area (Å²) in [6, 6.07) is -0.332. The number of hydrogen-bond acceptors (Lipinski definition) is 2. The van der Waals surface area contributed by atoms with Gasteiger partial charge < -0.3 is 5.32 Å². The van der Waals surface area contributed by atoms with Crippen LogP contribution in [0, 0.1) is 0 Å². The van der Waals surface area contributed by atoms with Crippen molar-refractivity contribution in [2.24, 2.45) is 0 Å². The minimum atomic E-state index is -0.546. The van der Waals surface area contributed by atoms with Gasteiger partial charge in [-0.1, -0.05) is 19.3 Å². The van der Waals surface area contributed by atoms with Crippen molar-refractivity contribution >= 4 is 28.9 Å². The van der Waals surface area contributed by atoms with Crippen molar-refractivity contribution in [2.75, 3.05) is 0 Å². The van der Waals surface area contributed by atoms with Gasteiger partial charge in [-0.2, -0.15) is 0 Å². The Balaban J connectivity index is 0.000000845. The summed E-state index contributed by atoms with van der Waals surface area (Å²) < 4.78 is 0. The highest BCUT2D eigenvalue weighted by Gasteiger charge is 2.46. The lowest BCUT2D eigenvalue weighted by Gasteiger charge is -2.29. The lowest BCUT2D eigenvalue weighted by Crippen LogP contribution is -2.48. The van der Waals surface area contributed by atoms with Gasteiger partial charge in [0.1, 0.15) is 5.54 Å². The highest BCUT2D eigenvalue weighted by atomic mass is 79.9. The van der Waals surface area contributed by atoms with E-state index in [0.717, 1.165) is 25.7 Å². The highest BCUT2D eigenvalue weighted by Crippen LogP contribution is 2.30. The standard InChI is InChI=1S/C8H12N2O2.BrH/c11-6-8(10-7(12)9-6)4-2-1-3-5-8;/h1-5H2,(H2,9,10,11,12);1H. The molecule has 0 radical (unpaired) electrons. The molecule has 4 nitrogen and oxygen atoms in total. The third-order valence-corrected chi connectivity index (χ3v) is 2.72. The van der Waals surface area contributed by atoms with E-state index in [2.05, 4.69) is 10.6 Å². The fourth-order valence-electron chi connectivity index (χ4n) is 2.04. The lowest BCUT2D eigenvalue weighted by molar-refractivity contribution is -0.125. The number of hydrogen-bond donors (Lipinski definition) is 2. The Morgan fingerprint density at radius 1 is 1.08 bits per heavy atom. The van der Waals surface area contributed by atoms with Crippen LogP contribution in [0.4, 0.5) is 4.79 Å². The Morgan fingerprint density at radius 3 is 2.15 bits per heavy atom. The molecule has 1 saturated heterocycles. The quantitative estimate of drug-likeness (QED) is 0.632. The topological polar surface area (TPSA) is 58.2 Å². The third-order valence-electron chi connectivity index (χ3n) is 2.72. The SMILES string of the molecule is Br.O=C1NC(=O)C2(CCCCC2)N1. The molecule has 0 aromatic rings. The Labute approximate surface area is 87.2 Å². The maximum atomic E-state index is 11.4. The Bertz CT molecular complexity index is 236. The van der Waals surface area contributed by atoms with E-state index >= 15 is 0 Å². The van der Waals surface area contributed by atoms with Crippen LogP contribution in [0.1, 0.15) is 32.1 Å². The molecule has 0 bridgehead atoms. The van der Waals surface area contributed by atoms with Gasteiger partial charge in [0.15, 0.2) is 0 Å². The minimum absolute atomic E-state index is 0. The number of rotatable bonds is 0. The van der Waals surface area contributed by atoms with Crippen LogP contribution in [0.2, 0.25) is 0 Å². The molecule has 2 N–H and O–H groups in total. The van der Waals surface area contributed by atoms with Gasteiger partial charge >= 0.3 is 6.03 Å². The van der Waals surface area contributed by atoms with Gasteiger partial charge in [-0.3, -0.25) is 10.1 Å². The Kier molecular flexibility index (Phi) is 2.95. The summed E-state index contributed by atoms with van der Waals surface area (Å²) in [7, 11) is 0. The molecule has 0 aromatic heterocycles. The third kappa shape index (κ3) is 1.70. The van der Waals surface area contributed by atoms with E-state index in [9.17, 15) is 9.59 Å². The molecule has 5 heteroatoms. The number of imide groups is 1. The van der Waals surface area contributed by atoms with E-state index in [4.69, 9.17) is 0 Å². The molecule has 1 spiro atoms. The summed E-state index contributed by atoms with van der Waals surface area (Å²) in [5.74, 6) is -0.132. The molecule has 1 heterocycles. The first-order valence-corrected chi connectivity index (χ1v) is 4.37. The zero-order valence-electron chi connectivity index (χ0n) is 7.26. The van der Waals surface area contributed by atoms with Crippen LogP contribution in [0.3, 0.4) is 0 Å². The fourth-order valence-corrected chi connectivity index (χ4v) is 2.04. The second kappa shape index (κ2) is 3.65. The smallest absolute Gasteiger partial charge is 0.322 e. The molecule has 2 fully saturated rings. The van der Waals surface area contributed by atoms with Gasteiger partial charge in [0, 0.05) is 0 Å². The van der Waals surface area contributed by atoms with E-state index in [1.54, 1.807) is 0 Å². The molecule has 1 saturated carbocycles. The molecular formula is C8H13BrN2O2. The number of carbonyl (C=O) groups is 2. The predicted octanol–water partition coefficient (Wildman–Crippen LogP) is 1.11. The van der Waals surface area contributed by atoms with Gasteiger partial charge in [-0.25, -0.2) is 4.79 Å². The first-order chi connectivity index (χ1) is 5.73. The summed E-state index contributed by atoms with van der Waals surface area (Å²) in [4.78, 5) is 22.3. The molecule has 0 unspecified atom stereocenters. The summed E-state index contributed by atoms with van der Waals surface area (Å²) in [6.07, 6.45) is 4.83. The summed E-state index contributed by atoms with van der Waals surface area (Å²) in [5, 5.41) is 5.01. The predicted molar refractivity (Wildman–Crippen MR) is 52.8 cm³/mol. The summed E-state index contributed by atoms with van der Waals surface area (Å²) in [6.45, 7) is 0. The average Bonchev–Trinajstić information content (AvgIpc) is 2.29. The van der Waals surface area contributed by atoms with Gasteiger partial charge in [-0.05, 0) is 12.8 Å². The van der Waals surface area contributed by atoms with Gasteiger partial charge in [0.2, 0.25) is 0 Å². The highest BCUT2D eigenvalue weighted by molar-refractivity contribution is 8.93. The lowest BCUT2D eigenvalue weighted by atomic mass is 9.82. The second-order valence-electron chi connectivity index (χ2n) is 3.55. The van der Waals surface area contributed by atoms with Crippen LogP contribution < -0.4 is 10.6 Å². The molecule has 1 aliphatic heterocycles. The van der Waals surface area contributed by atoms with Gasteiger partial charge in [-0.15, -0.1) is 17.0 Å². The van der Waals surface area contributed by atoms with Crippen LogP contribution in [-0.4, -0.2) is 17.5 Å². The second-order valence-corrected chi connectivity index (χ2v) is 3.55. The van der Waals surface area contributed by atoms with Gasteiger partial charge in [0.25, 0.3) is 5.91 Å². The van der Waals surface area contributed by atoms with Crippen LogP contribution in [0.25, 0.3) is 0 Å². The normalized spacial score (nSPS) is 24.9. The molecule has 1 aliphatic carbocycles. The van der Waals surface area contributed by atoms with E-state index in [0.29, 0.717) is 0 Å². The maximum Gasteiger partial charge on any atom is 0.322 e. The van der Waals surface area contributed by atoms with Crippen molar-refractivity contribution in [3.8, 4) is 0 Å². The van der Waals surface area contributed by atoms with Crippen LogP contribution in [0.15, 0.2) is 0 Å². The van der Waals surface area contributed by atoms with Crippen LogP contribution in [-0.2, 0) is 4.79 Å². The van der Waals surface area contributed by atoms with E-state index in [1.165, 1.54) is 6.42 Å². The largest absolute Gasteiger partial charge is 0.323 e. The summed E-state index contributed by atoms with van der Waals surface area (Å²) in [5.41, 5.74) is -0.546. The number of halogens is 1. The van der Waals surface area contributed by atoms with Crippen molar-refractivity contribution in [3.63, 3.8) is 0 Å². The fraction of sp³-hybridized carbons (Fsp3) is 0.750. The van der Waals surface area contributed by atoms with Crippen molar-refractivity contribution in [1.29, 1.82) is 0 Å². The number of amides is 3. The zero-order chi connectivity index (χ0) is 8.60. The molecule has 0 aromatic carbocycles. The van der Waals surface area contributed by atoms with Crippen LogP contribution >= 0.6 is 17.0 Å². The summed E-state index contributed by atoms with van der Waals surface area (Å²) >= 11 is 0. The van der Waals surface area contributed by atoms with Gasteiger partial charge in [0.05, 0.1) is 0 Å². The molecule has 13 heavy (non-hydrogen) atoms. The monoisotopic (exact) mass is 248 g/mol. The molecule has 74 valence electrons. The van der Waals surface area contributed by atoms with E-state index in [1.807, 2.05) is 0 Å². The van der Waals surface area contributed by atoms with Crippen molar-refractivity contribution in [1.82, 2.24) is 10.6 Å². The first-order valence-electron chi connectivity index (χ1n) is 4.37. The van der Waals surface area contributed by atoms with E-state index < -0.39 is 5.54 Å². The molecule has 3 amide bonds. The maximum absolute atomic E-state index is 11.4. The molecule has 2 rings (SSSR count). The first kappa shape index (κ1) is 10.5. The Hall–Kier alpha value is -0.580.